The molecule has 3 saturated heterocycles. The first-order valence-electron chi connectivity index (χ1n) is 31.3. The van der Waals surface area contributed by atoms with Crippen LogP contribution < -0.4 is 31.7 Å². The van der Waals surface area contributed by atoms with Crippen LogP contribution in [0.25, 0.3) is 22.2 Å². The summed E-state index contributed by atoms with van der Waals surface area (Å²) in [7, 11) is 1.48. The molecular weight excluding hydrogens is 1370 g/mol. The number of alkyl halides is 1. The number of thiol groups is 2. The van der Waals surface area contributed by atoms with E-state index in [0.717, 1.165) is 56.7 Å². The van der Waals surface area contributed by atoms with E-state index in [4.69, 9.17) is 32.3 Å². The van der Waals surface area contributed by atoms with Crippen molar-refractivity contribution in [1.82, 2.24) is 49.6 Å². The number of para-hydroxylation sites is 1. The van der Waals surface area contributed by atoms with E-state index >= 15 is 8.78 Å². The SMILES string of the molecule is CC(C)[C@H](NC(=O)CCCCC(=O)N1Cc2ccccc2C#Cc2ccccc21)C(=O)N[C@@H](C)C(=O)Nc1ccc(COC(=O)N(C)CCCC(=O)Nc2ncnc3c2ncn3[C@@H]2O[C@@H]3CO[P@@](=O)(S)O[C@@H]4[C@H](O)[C@@H](CO[P@@](=O)(S)O[C@H]3[C@H]2F)O[C@H]4n2cc(F)c3c(=O)[nH]cnc32)cc1. The second-order valence-corrected chi connectivity index (χ2v) is 29.8. The number of hydrogen-bond acceptors (Lipinski definition) is 21. The van der Waals surface area contributed by atoms with Crippen molar-refractivity contribution in [2.75, 3.05) is 42.3 Å². The minimum Gasteiger partial charge on any atom is -0.445 e. The summed E-state index contributed by atoms with van der Waals surface area (Å²) >= 11 is 8.12. The Kier molecular flexibility index (Phi) is 22.5. The molecule has 36 heteroatoms. The lowest BCUT2D eigenvalue weighted by Gasteiger charge is -2.26. The van der Waals surface area contributed by atoms with Gasteiger partial charge in [0.2, 0.25) is 29.5 Å². The fraction of sp³-hybridized carbons (Fsp3) is 0.413. The molecule has 7 aromatic rings. The second kappa shape index (κ2) is 31.0. The first-order valence-corrected chi connectivity index (χ1v) is 36.7. The van der Waals surface area contributed by atoms with Crippen molar-refractivity contribution in [3.8, 4) is 11.8 Å². The molecular formula is C63H69F2N13O17P2S2. The number of aromatic amines is 1. The number of benzene rings is 3. The van der Waals surface area contributed by atoms with Gasteiger partial charge in [0.1, 0.15) is 60.9 Å². The van der Waals surface area contributed by atoms with Crippen molar-refractivity contribution in [2.24, 2.45) is 5.92 Å². The molecule has 6 N–H and O–H groups in total. The maximum Gasteiger partial charge on any atom is 0.409 e. The topological polar surface area (TPSA) is 370 Å². The molecule has 11 rings (SSSR count). The summed E-state index contributed by atoms with van der Waals surface area (Å²) in [6, 6.07) is 19.7. The largest absolute Gasteiger partial charge is 0.445 e. The Morgan fingerprint density at radius 3 is 2.22 bits per heavy atom. The fourth-order valence-corrected chi connectivity index (χ4v) is 14.4. The number of aliphatic hydroxyl groups excluding tert-OH is 1. The van der Waals surface area contributed by atoms with Gasteiger partial charge in [-0.15, -0.1) is 0 Å². The number of H-pyrrole nitrogens is 1. The van der Waals surface area contributed by atoms with Crippen molar-refractivity contribution < 1.29 is 84.1 Å². The summed E-state index contributed by atoms with van der Waals surface area (Å²) in [5, 5.41) is 21.7. The highest BCUT2D eigenvalue weighted by atomic mass is 32.7. The number of ether oxygens (including phenoxy) is 3. The third-order valence-corrected chi connectivity index (χ3v) is 19.9. The number of aliphatic hydroxyl groups is 1. The van der Waals surface area contributed by atoms with Crippen molar-refractivity contribution in [3.05, 3.63) is 136 Å². The summed E-state index contributed by atoms with van der Waals surface area (Å²) in [4.78, 5) is 114. The average Bonchev–Trinajstić information content (AvgIpc) is 1.62. The summed E-state index contributed by atoms with van der Waals surface area (Å²) in [5.41, 5.74) is 3.12. The first kappa shape index (κ1) is 71.8. The van der Waals surface area contributed by atoms with Gasteiger partial charge < -0.3 is 59.9 Å². The van der Waals surface area contributed by atoms with E-state index in [-0.39, 0.29) is 79.2 Å². The Morgan fingerprint density at radius 1 is 0.788 bits per heavy atom. The number of unbranched alkanes of at least 4 members (excludes halogenated alkanes) is 1. The van der Waals surface area contributed by atoms with Crippen molar-refractivity contribution >= 4 is 113 Å². The first-order chi connectivity index (χ1) is 47.3. The van der Waals surface area contributed by atoms with E-state index in [1.807, 2.05) is 48.5 Å². The van der Waals surface area contributed by atoms with E-state index in [1.54, 1.807) is 43.0 Å². The maximum atomic E-state index is 16.7. The normalized spacial score (nSPS) is 24.2. The molecule has 0 radical (unpaired) electrons. The fourth-order valence-electron chi connectivity index (χ4n) is 11.5. The number of imidazole rings is 1. The Morgan fingerprint density at radius 2 is 1.46 bits per heavy atom. The van der Waals surface area contributed by atoms with Gasteiger partial charge in [0.15, 0.2) is 47.1 Å². The zero-order valence-electron chi connectivity index (χ0n) is 53.5. The van der Waals surface area contributed by atoms with Gasteiger partial charge in [-0.1, -0.05) is 92.7 Å². The van der Waals surface area contributed by atoms with E-state index in [0.29, 0.717) is 30.6 Å². The van der Waals surface area contributed by atoms with Gasteiger partial charge >= 0.3 is 19.7 Å². The van der Waals surface area contributed by atoms with Crippen molar-refractivity contribution in [3.63, 3.8) is 0 Å². The molecule has 0 aliphatic carbocycles. The standard InChI is InChI=1S/C63H69F2N13O17P2S2/c1-34(2)50(73-45(79)16-9-10-18-47(81)76-26-39-14-6-5-12-37(39)21-22-38-13-7-8-15-42(38)76)60(85)71-35(3)58(83)72-40-23-19-36(20-24-40)28-89-63(86)75(4)25-11-17-46(80)74-55-51-57(68-31-66-55)78(33-70-51)61-49(65)53-44(93-61)30-91-97(88,99)95-54-52(82)43(29-90-96(87,98)94-53)92-62(54)77-27-41(64)48-56(77)67-32-69-59(48)84/h5-8,12-15,19-20,23-24,27,31-35,43-44,49-50,52-54,61-62,82H,9-11,16-18,25-26,28-30H2,1-4H3,(H,71,85)(H,72,83)(H,73,79)(H,87,98)(H,88,99)(H,67,69,84)(H,66,68,74,80)/t35-,43+,44+,49+,50-,52+,53+,54+,61+,62+,96+,97+/m0/s1. The zero-order valence-corrected chi connectivity index (χ0v) is 57.0. The molecule has 99 heavy (non-hydrogen) atoms. The number of nitrogens with one attached hydrogen (secondary N) is 5. The van der Waals surface area contributed by atoms with Crippen LogP contribution in [0.5, 0.6) is 0 Å². The summed E-state index contributed by atoms with van der Waals surface area (Å²) < 4.78 is 101. The number of halogens is 2. The Bertz CT molecular complexity index is 4440. The van der Waals surface area contributed by atoms with Gasteiger partial charge in [-0.25, -0.2) is 42.6 Å². The number of carbonyl (C=O) groups is 6. The van der Waals surface area contributed by atoms with Gasteiger partial charge in [-0.05, 0) is 73.6 Å². The number of aromatic nitrogens is 7. The molecule has 4 aliphatic heterocycles. The highest BCUT2D eigenvalue weighted by Crippen LogP contribution is 2.60. The van der Waals surface area contributed by atoms with Crippen LogP contribution in [0.4, 0.5) is 30.8 Å². The van der Waals surface area contributed by atoms with Gasteiger partial charge in [-0.2, -0.15) is 0 Å². The van der Waals surface area contributed by atoms with E-state index in [1.165, 1.54) is 18.9 Å². The van der Waals surface area contributed by atoms with Crippen molar-refractivity contribution in [1.29, 1.82) is 0 Å². The molecule has 2 bridgehead atoms. The number of fused-ring (bicyclic) bond motifs is 7. The Hall–Kier alpha value is -8.45. The van der Waals surface area contributed by atoms with Crippen LogP contribution in [-0.2, 0) is 78.6 Å². The predicted molar refractivity (Wildman–Crippen MR) is 358 cm³/mol. The van der Waals surface area contributed by atoms with Crippen LogP contribution in [0.1, 0.15) is 94.0 Å². The van der Waals surface area contributed by atoms with Gasteiger partial charge in [0.05, 0.1) is 38.1 Å². The van der Waals surface area contributed by atoms with Crippen LogP contribution in [0.2, 0.25) is 0 Å². The molecule has 6 amide bonds. The van der Waals surface area contributed by atoms with Crippen LogP contribution in [0.3, 0.4) is 0 Å². The minimum atomic E-state index is -4.62. The molecule has 4 aromatic heterocycles. The molecule has 524 valence electrons. The molecule has 4 aliphatic rings. The monoisotopic (exact) mass is 1440 g/mol. The lowest BCUT2D eigenvalue weighted by molar-refractivity contribution is -0.131. The summed E-state index contributed by atoms with van der Waals surface area (Å²) in [5.74, 6) is 2.92. The predicted octanol–water partition coefficient (Wildman–Crippen LogP) is 7.17. The smallest absolute Gasteiger partial charge is 0.409 e. The Balaban J connectivity index is 0.605. The minimum absolute atomic E-state index is 0.00409. The molecule has 12 atom stereocenters. The number of hydrogen-bond donors (Lipinski definition) is 8. The van der Waals surface area contributed by atoms with Crippen LogP contribution >= 0.6 is 38.1 Å². The molecule has 0 spiro atoms. The molecule has 8 heterocycles. The number of anilines is 3. The third kappa shape index (κ3) is 16.9. The highest BCUT2D eigenvalue weighted by Gasteiger charge is 2.54. The number of rotatable bonds is 20. The Labute approximate surface area is 574 Å². The van der Waals surface area contributed by atoms with Crippen LogP contribution in [-0.4, -0.2) is 155 Å². The number of amides is 6. The summed E-state index contributed by atoms with van der Waals surface area (Å²) in [6.45, 7) is -5.43. The summed E-state index contributed by atoms with van der Waals surface area (Å²) in [6.07, 6.45) is -9.16. The number of nitrogens with zero attached hydrogens (tertiary/aromatic N) is 8. The lowest BCUT2D eigenvalue weighted by atomic mass is 10.0. The van der Waals surface area contributed by atoms with Crippen LogP contribution in [0, 0.1) is 23.6 Å². The van der Waals surface area contributed by atoms with E-state index in [2.05, 4.69) is 82.5 Å². The van der Waals surface area contributed by atoms with Crippen molar-refractivity contribution in [2.45, 2.75) is 134 Å². The van der Waals surface area contributed by atoms with Gasteiger partial charge in [0, 0.05) is 55.9 Å². The van der Waals surface area contributed by atoms with Gasteiger partial charge in [0.25, 0.3) is 5.56 Å². The van der Waals surface area contributed by atoms with E-state index < -0.39 is 129 Å². The quantitative estimate of drug-likeness (QED) is 0.0162. The molecule has 0 saturated carbocycles. The number of carbonyl (C=O) groups excluding carboxylic acids is 6. The lowest BCUT2D eigenvalue weighted by Crippen LogP contribution is -2.53. The van der Waals surface area contributed by atoms with Gasteiger partial charge in [-0.3, -0.25) is 51.4 Å². The third-order valence-electron chi connectivity index (χ3n) is 16.7. The van der Waals surface area contributed by atoms with E-state index in [9.17, 15) is 47.8 Å². The molecule has 3 fully saturated rings. The molecule has 30 nitrogen and oxygen atoms in total. The van der Waals surface area contributed by atoms with Crippen LogP contribution in [0.15, 0.2) is 103 Å². The highest BCUT2D eigenvalue weighted by molar-refractivity contribution is 8.44. The zero-order chi connectivity index (χ0) is 70.4. The molecule has 0 unspecified atom stereocenters. The average molecular weight is 1440 g/mol. The molecule has 3 aromatic carbocycles. The second-order valence-electron chi connectivity index (χ2n) is 24.0. The maximum absolute atomic E-state index is 16.7.